The summed E-state index contributed by atoms with van der Waals surface area (Å²) in [4.78, 5) is 23.8. The monoisotopic (exact) mass is 284 g/mol. The van der Waals surface area contributed by atoms with Gasteiger partial charge in [0.25, 0.3) is 0 Å². The summed E-state index contributed by atoms with van der Waals surface area (Å²) in [5.74, 6) is -1.57. The van der Waals surface area contributed by atoms with E-state index >= 15 is 0 Å². The maximum atomic E-state index is 13.4. The molecule has 0 radical (unpaired) electrons. The summed E-state index contributed by atoms with van der Waals surface area (Å²) in [6, 6.07) is 3.68. The molecule has 1 aromatic rings. The van der Waals surface area contributed by atoms with Gasteiger partial charge in [-0.25, -0.2) is 9.18 Å². The number of methoxy groups -OCH3 is 1. The summed E-state index contributed by atoms with van der Waals surface area (Å²) < 4.78 is 18.2. The van der Waals surface area contributed by atoms with Crippen LogP contribution in [0.3, 0.4) is 0 Å². The van der Waals surface area contributed by atoms with Crippen molar-refractivity contribution >= 4 is 17.7 Å². The molecule has 0 bridgehead atoms. The Morgan fingerprint density at radius 3 is 2.75 bits per heavy atom. The lowest BCUT2D eigenvalue weighted by Crippen LogP contribution is -2.40. The Morgan fingerprint density at radius 1 is 1.45 bits per heavy atom. The van der Waals surface area contributed by atoms with Gasteiger partial charge in [0.2, 0.25) is 0 Å². The molecule has 1 aromatic carbocycles. The number of ether oxygens (including phenoxy) is 1. The van der Waals surface area contributed by atoms with Crippen molar-refractivity contribution in [3.8, 4) is 0 Å². The van der Waals surface area contributed by atoms with Crippen molar-refractivity contribution in [2.24, 2.45) is 0 Å². The van der Waals surface area contributed by atoms with Crippen LogP contribution in [0.25, 0.3) is 0 Å². The number of amides is 2. The van der Waals surface area contributed by atoms with Crippen LogP contribution in [0.15, 0.2) is 18.2 Å². The van der Waals surface area contributed by atoms with Crippen LogP contribution < -0.4 is 5.32 Å². The van der Waals surface area contributed by atoms with E-state index in [0.29, 0.717) is 11.3 Å². The summed E-state index contributed by atoms with van der Waals surface area (Å²) in [5.41, 5.74) is 0.602. The molecule has 0 aliphatic carbocycles. The van der Waals surface area contributed by atoms with Crippen LogP contribution in [-0.4, -0.2) is 48.8 Å². The molecule has 0 unspecified atom stereocenters. The van der Waals surface area contributed by atoms with Gasteiger partial charge in [-0.1, -0.05) is 6.07 Å². The van der Waals surface area contributed by atoms with E-state index in [1.54, 1.807) is 6.07 Å². The van der Waals surface area contributed by atoms with Crippen molar-refractivity contribution in [1.82, 2.24) is 4.90 Å². The first-order valence-corrected chi connectivity index (χ1v) is 5.97. The molecule has 0 aliphatic rings. The molecule has 20 heavy (non-hydrogen) atoms. The number of carbonyl (C=O) groups excluding carboxylic acids is 1. The Labute approximate surface area is 116 Å². The fourth-order valence-corrected chi connectivity index (χ4v) is 1.55. The van der Waals surface area contributed by atoms with Gasteiger partial charge in [-0.3, -0.25) is 4.79 Å². The van der Waals surface area contributed by atoms with Crippen molar-refractivity contribution in [2.45, 2.75) is 6.92 Å². The normalized spacial score (nSPS) is 10.2. The zero-order valence-corrected chi connectivity index (χ0v) is 11.4. The fourth-order valence-electron chi connectivity index (χ4n) is 1.55. The van der Waals surface area contributed by atoms with E-state index in [4.69, 9.17) is 9.84 Å². The van der Waals surface area contributed by atoms with E-state index < -0.39 is 24.4 Å². The maximum Gasteiger partial charge on any atom is 0.323 e. The largest absolute Gasteiger partial charge is 0.480 e. The summed E-state index contributed by atoms with van der Waals surface area (Å²) in [6.45, 7) is 1.41. The Balaban J connectivity index is 2.79. The van der Waals surface area contributed by atoms with Crippen LogP contribution in [0.1, 0.15) is 5.56 Å². The molecule has 0 atom stereocenters. The first-order chi connectivity index (χ1) is 9.45. The first-order valence-electron chi connectivity index (χ1n) is 5.97. The Morgan fingerprint density at radius 2 is 2.15 bits per heavy atom. The molecule has 0 aliphatic heterocycles. The van der Waals surface area contributed by atoms with E-state index in [-0.39, 0.29) is 13.2 Å². The predicted molar refractivity (Wildman–Crippen MR) is 71.2 cm³/mol. The van der Waals surface area contributed by atoms with E-state index in [9.17, 15) is 14.0 Å². The van der Waals surface area contributed by atoms with Gasteiger partial charge in [-0.05, 0) is 19.1 Å². The van der Waals surface area contributed by atoms with Crippen LogP contribution in [0.4, 0.5) is 14.9 Å². The van der Waals surface area contributed by atoms with Crippen LogP contribution in [0, 0.1) is 12.7 Å². The van der Waals surface area contributed by atoms with Gasteiger partial charge in [0.15, 0.2) is 0 Å². The molecule has 0 aromatic heterocycles. The lowest BCUT2D eigenvalue weighted by Gasteiger charge is -2.21. The van der Waals surface area contributed by atoms with Gasteiger partial charge in [0.1, 0.15) is 12.4 Å². The summed E-state index contributed by atoms with van der Waals surface area (Å²) in [7, 11) is 1.45. The maximum absolute atomic E-state index is 13.4. The highest BCUT2D eigenvalue weighted by molar-refractivity contribution is 5.92. The molecule has 110 valence electrons. The zero-order valence-electron chi connectivity index (χ0n) is 11.4. The van der Waals surface area contributed by atoms with E-state index in [2.05, 4.69) is 5.32 Å². The molecule has 6 nitrogen and oxygen atoms in total. The van der Waals surface area contributed by atoms with Gasteiger partial charge < -0.3 is 20.1 Å². The lowest BCUT2D eigenvalue weighted by molar-refractivity contribution is -0.137. The SMILES string of the molecule is COCCN(CC(=O)O)C(=O)Nc1cccc(F)c1C. The number of carboxylic acid groups (broad SMARTS) is 1. The van der Waals surface area contributed by atoms with Gasteiger partial charge in [-0.2, -0.15) is 0 Å². The predicted octanol–water partition coefficient (Wildman–Crippen LogP) is 1.70. The fraction of sp³-hybridized carbons (Fsp3) is 0.385. The molecular weight excluding hydrogens is 267 g/mol. The number of hydrogen-bond donors (Lipinski definition) is 2. The molecule has 0 saturated heterocycles. The number of urea groups is 1. The van der Waals surface area contributed by atoms with Gasteiger partial charge in [0.05, 0.1) is 6.61 Å². The van der Waals surface area contributed by atoms with Crippen molar-refractivity contribution in [1.29, 1.82) is 0 Å². The quantitative estimate of drug-likeness (QED) is 0.833. The minimum atomic E-state index is -1.13. The second-order valence-corrected chi connectivity index (χ2v) is 4.15. The van der Waals surface area contributed by atoms with Crippen molar-refractivity contribution in [2.75, 3.05) is 32.1 Å². The molecule has 0 saturated carbocycles. The lowest BCUT2D eigenvalue weighted by atomic mass is 10.2. The third-order valence-corrected chi connectivity index (χ3v) is 2.69. The van der Waals surface area contributed by atoms with Crippen LogP contribution in [-0.2, 0) is 9.53 Å². The molecule has 2 N–H and O–H groups in total. The molecule has 7 heteroatoms. The van der Waals surface area contributed by atoms with Gasteiger partial charge in [-0.15, -0.1) is 0 Å². The molecule has 0 spiro atoms. The number of nitrogens with zero attached hydrogens (tertiary/aromatic N) is 1. The molecule has 1 rings (SSSR count). The molecule has 2 amide bonds. The smallest absolute Gasteiger partial charge is 0.323 e. The second kappa shape index (κ2) is 7.44. The Kier molecular flexibility index (Phi) is 5.92. The van der Waals surface area contributed by atoms with Crippen LogP contribution >= 0.6 is 0 Å². The number of hydrogen-bond acceptors (Lipinski definition) is 3. The van der Waals surface area contributed by atoms with E-state index in [0.717, 1.165) is 4.90 Å². The highest BCUT2D eigenvalue weighted by atomic mass is 19.1. The highest BCUT2D eigenvalue weighted by Crippen LogP contribution is 2.17. The number of halogens is 1. The minimum absolute atomic E-state index is 0.128. The van der Waals surface area contributed by atoms with Gasteiger partial charge in [0, 0.05) is 24.9 Å². The molecule has 0 fully saturated rings. The van der Waals surface area contributed by atoms with Crippen molar-refractivity contribution < 1.29 is 23.8 Å². The number of nitrogens with one attached hydrogen (secondary N) is 1. The highest BCUT2D eigenvalue weighted by Gasteiger charge is 2.17. The third kappa shape index (κ3) is 4.51. The van der Waals surface area contributed by atoms with Crippen molar-refractivity contribution in [3.63, 3.8) is 0 Å². The molecule has 0 heterocycles. The molecular formula is C13H17FN2O4. The number of rotatable bonds is 6. The average Bonchev–Trinajstić information content (AvgIpc) is 2.39. The van der Waals surface area contributed by atoms with Crippen LogP contribution in [0.5, 0.6) is 0 Å². The topological polar surface area (TPSA) is 78.9 Å². The Hall–Kier alpha value is -2.15. The number of carboxylic acids is 1. The van der Waals surface area contributed by atoms with Crippen molar-refractivity contribution in [3.05, 3.63) is 29.6 Å². The number of anilines is 1. The standard InChI is InChI=1S/C13H17FN2O4/c1-9-10(14)4-3-5-11(9)15-13(19)16(6-7-20-2)8-12(17)18/h3-5H,6-8H2,1-2H3,(H,15,19)(H,17,18). The van der Waals surface area contributed by atoms with Gasteiger partial charge >= 0.3 is 12.0 Å². The summed E-state index contributed by atoms with van der Waals surface area (Å²) in [6.07, 6.45) is 0. The average molecular weight is 284 g/mol. The summed E-state index contributed by atoms with van der Waals surface area (Å²) >= 11 is 0. The van der Waals surface area contributed by atoms with E-state index in [1.165, 1.54) is 26.2 Å². The minimum Gasteiger partial charge on any atom is -0.480 e. The number of aliphatic carboxylic acids is 1. The Bertz CT molecular complexity index is 493. The van der Waals surface area contributed by atoms with E-state index in [1.807, 2.05) is 0 Å². The van der Waals surface area contributed by atoms with Crippen LogP contribution in [0.2, 0.25) is 0 Å². The third-order valence-electron chi connectivity index (χ3n) is 2.69. The zero-order chi connectivity index (χ0) is 15.1. The number of benzene rings is 1. The first kappa shape index (κ1) is 15.9. The second-order valence-electron chi connectivity index (χ2n) is 4.15. The number of carbonyl (C=O) groups is 2. The summed E-state index contributed by atoms with van der Waals surface area (Å²) in [5, 5.41) is 11.3.